The number of fused-ring (bicyclic) bond motifs is 2. The molecule has 10 aromatic rings. The zero-order valence-electron chi connectivity index (χ0n) is 30.9. The minimum Gasteiger partial charge on any atom is -0.0622 e. The van der Waals surface area contributed by atoms with E-state index in [-0.39, 0.29) is 0 Å². The average Bonchev–Trinajstić information content (AvgIpc) is 3.29. The van der Waals surface area contributed by atoms with Crippen molar-refractivity contribution in [3.63, 3.8) is 0 Å². The highest BCUT2D eigenvalue weighted by atomic mass is 14.1. The van der Waals surface area contributed by atoms with Gasteiger partial charge >= 0.3 is 0 Å². The molecule has 0 heterocycles. The molecule has 0 nitrogen and oxygen atoms in total. The molecule has 0 N–H and O–H groups in total. The van der Waals surface area contributed by atoms with Crippen molar-refractivity contribution in [3.05, 3.63) is 231 Å². The van der Waals surface area contributed by atoms with Gasteiger partial charge in [-0.05, 0) is 124 Å². The molecule has 0 radical (unpaired) electrons. The van der Waals surface area contributed by atoms with E-state index in [1.807, 2.05) is 0 Å². The molecule has 0 heteroatoms. The van der Waals surface area contributed by atoms with Crippen molar-refractivity contribution < 1.29 is 0 Å². The fourth-order valence-corrected chi connectivity index (χ4v) is 7.89. The van der Waals surface area contributed by atoms with Crippen molar-refractivity contribution in [2.75, 3.05) is 0 Å². The van der Waals surface area contributed by atoms with Crippen LogP contribution in [0.3, 0.4) is 0 Å². The molecular weight excluding hydrogens is 673 g/mol. The Balaban J connectivity index is 0.836. The summed E-state index contributed by atoms with van der Waals surface area (Å²) in [5.41, 5.74) is 17.2. The van der Waals surface area contributed by atoms with Gasteiger partial charge in [0.05, 0.1) is 0 Å². The Labute approximate surface area is 328 Å². The second-order valence-electron chi connectivity index (χ2n) is 14.6. The molecule has 10 rings (SSSR count). The summed E-state index contributed by atoms with van der Waals surface area (Å²) >= 11 is 0. The third-order valence-electron chi connectivity index (χ3n) is 11.1. The zero-order valence-corrected chi connectivity index (χ0v) is 30.9. The monoisotopic (exact) mass is 710 g/mol. The van der Waals surface area contributed by atoms with E-state index in [1.165, 1.54) is 99.4 Å². The number of hydrogen-bond acceptors (Lipinski definition) is 0. The first-order chi connectivity index (χ1) is 27.7. The molecule has 0 amide bonds. The van der Waals surface area contributed by atoms with Gasteiger partial charge in [0.1, 0.15) is 0 Å². The predicted molar refractivity (Wildman–Crippen MR) is 240 cm³/mol. The first-order valence-electron chi connectivity index (χ1n) is 19.3. The maximum Gasteiger partial charge on any atom is -0.0177 e. The molecule has 0 unspecified atom stereocenters. The predicted octanol–water partition coefficient (Wildman–Crippen LogP) is 15.7. The molecule has 10 aromatic carbocycles. The lowest BCUT2D eigenvalue weighted by Crippen LogP contribution is -1.84. The van der Waals surface area contributed by atoms with Crippen LogP contribution in [-0.2, 0) is 0 Å². The molecule has 0 aliphatic rings. The van der Waals surface area contributed by atoms with Gasteiger partial charge in [-0.1, -0.05) is 206 Å². The van der Waals surface area contributed by atoms with Gasteiger partial charge < -0.3 is 0 Å². The van der Waals surface area contributed by atoms with Gasteiger partial charge in [-0.25, -0.2) is 0 Å². The van der Waals surface area contributed by atoms with Gasteiger partial charge in [-0.15, -0.1) is 0 Å². The van der Waals surface area contributed by atoms with Crippen LogP contribution in [0.5, 0.6) is 0 Å². The van der Waals surface area contributed by atoms with Gasteiger partial charge in [0.25, 0.3) is 0 Å². The minimum atomic E-state index is 1.22. The highest BCUT2D eigenvalue weighted by Crippen LogP contribution is 2.34. The SMILES string of the molecule is c1ccc(-c2ccc(-c3ccc(-c4ccc5cc(-c6ccc7cc(-c8ccc(-c9ccc(-c%10ccccc%10)cc9)cc8)ccc7c6)ccc5c4)cc3)cc2)cc1. The van der Waals surface area contributed by atoms with Gasteiger partial charge in [0.2, 0.25) is 0 Å². The molecule has 0 fully saturated rings. The van der Waals surface area contributed by atoms with Crippen LogP contribution >= 0.6 is 0 Å². The first-order valence-corrected chi connectivity index (χ1v) is 19.3. The van der Waals surface area contributed by atoms with Crippen molar-refractivity contribution in [3.8, 4) is 77.9 Å². The topological polar surface area (TPSA) is 0 Å². The lowest BCUT2D eigenvalue weighted by molar-refractivity contribution is 1.58. The molecule has 0 aromatic heterocycles. The Morgan fingerprint density at radius 3 is 0.518 bits per heavy atom. The van der Waals surface area contributed by atoms with Crippen LogP contribution in [0.2, 0.25) is 0 Å². The Morgan fingerprint density at radius 1 is 0.125 bits per heavy atom. The summed E-state index contributed by atoms with van der Waals surface area (Å²) in [7, 11) is 0. The summed E-state index contributed by atoms with van der Waals surface area (Å²) in [6.45, 7) is 0. The number of hydrogen-bond donors (Lipinski definition) is 0. The number of benzene rings is 10. The Kier molecular flexibility index (Phi) is 8.63. The molecule has 0 atom stereocenters. The molecule has 0 aliphatic heterocycles. The van der Waals surface area contributed by atoms with Gasteiger partial charge in [-0.2, -0.15) is 0 Å². The van der Waals surface area contributed by atoms with Crippen LogP contribution in [0.1, 0.15) is 0 Å². The lowest BCUT2D eigenvalue weighted by atomic mass is 9.94. The van der Waals surface area contributed by atoms with E-state index in [0.717, 1.165) is 0 Å². The standard InChI is InChI=1S/C56H38/c1-3-7-39(8-4-1)41-11-15-43(16-12-41)45-19-23-47(24-20-45)49-27-29-53-37-55(33-31-51(53)35-49)56-34-32-52-36-50(28-30-54(52)38-56)48-25-21-46(22-26-48)44-17-13-42(14-18-44)40-9-5-2-6-10-40/h1-38H. The second kappa shape index (κ2) is 14.5. The van der Waals surface area contributed by atoms with Crippen LogP contribution in [0.25, 0.3) is 99.4 Å². The van der Waals surface area contributed by atoms with E-state index >= 15 is 0 Å². The van der Waals surface area contributed by atoms with Crippen molar-refractivity contribution in [2.24, 2.45) is 0 Å². The van der Waals surface area contributed by atoms with Crippen LogP contribution in [0.15, 0.2) is 231 Å². The Bertz CT molecular complexity index is 2730. The van der Waals surface area contributed by atoms with Crippen LogP contribution in [-0.4, -0.2) is 0 Å². The summed E-state index contributed by atoms with van der Waals surface area (Å²) in [5, 5.41) is 4.97. The minimum absolute atomic E-state index is 1.22. The molecular formula is C56H38. The summed E-state index contributed by atoms with van der Waals surface area (Å²) in [6.07, 6.45) is 0. The summed E-state index contributed by atoms with van der Waals surface area (Å²) in [6, 6.07) is 83.8. The van der Waals surface area contributed by atoms with E-state index in [0.29, 0.717) is 0 Å². The quantitative estimate of drug-likeness (QED) is 0.154. The van der Waals surface area contributed by atoms with Crippen LogP contribution in [0.4, 0.5) is 0 Å². The van der Waals surface area contributed by atoms with E-state index in [2.05, 4.69) is 231 Å². The molecule has 0 bridgehead atoms. The van der Waals surface area contributed by atoms with E-state index in [1.54, 1.807) is 0 Å². The summed E-state index contributed by atoms with van der Waals surface area (Å²) in [4.78, 5) is 0. The van der Waals surface area contributed by atoms with Gasteiger partial charge in [0.15, 0.2) is 0 Å². The van der Waals surface area contributed by atoms with E-state index in [9.17, 15) is 0 Å². The third-order valence-corrected chi connectivity index (χ3v) is 11.1. The van der Waals surface area contributed by atoms with Crippen molar-refractivity contribution in [1.82, 2.24) is 0 Å². The molecule has 262 valence electrons. The Hall–Kier alpha value is -7.28. The molecule has 0 saturated carbocycles. The fraction of sp³-hybridized carbons (Fsp3) is 0. The normalized spacial score (nSPS) is 11.2. The summed E-state index contributed by atoms with van der Waals surface area (Å²) in [5.74, 6) is 0. The van der Waals surface area contributed by atoms with Crippen LogP contribution in [0, 0.1) is 0 Å². The molecule has 0 aliphatic carbocycles. The lowest BCUT2D eigenvalue weighted by Gasteiger charge is -2.10. The fourth-order valence-electron chi connectivity index (χ4n) is 7.89. The molecule has 56 heavy (non-hydrogen) atoms. The maximum atomic E-state index is 2.31. The van der Waals surface area contributed by atoms with Gasteiger partial charge in [-0.3, -0.25) is 0 Å². The second-order valence-corrected chi connectivity index (χ2v) is 14.6. The smallest absolute Gasteiger partial charge is 0.0177 e. The molecule has 0 spiro atoms. The highest BCUT2D eigenvalue weighted by molar-refractivity contribution is 5.94. The highest BCUT2D eigenvalue weighted by Gasteiger charge is 2.08. The maximum absolute atomic E-state index is 2.31. The average molecular weight is 711 g/mol. The number of rotatable bonds is 7. The Morgan fingerprint density at radius 2 is 0.286 bits per heavy atom. The van der Waals surface area contributed by atoms with Gasteiger partial charge in [0, 0.05) is 0 Å². The molecule has 0 saturated heterocycles. The van der Waals surface area contributed by atoms with Crippen molar-refractivity contribution in [1.29, 1.82) is 0 Å². The van der Waals surface area contributed by atoms with Crippen LogP contribution < -0.4 is 0 Å². The largest absolute Gasteiger partial charge is 0.0622 e. The zero-order chi connectivity index (χ0) is 37.3. The third kappa shape index (κ3) is 6.70. The van der Waals surface area contributed by atoms with E-state index < -0.39 is 0 Å². The first kappa shape index (κ1) is 33.3. The van der Waals surface area contributed by atoms with Crippen molar-refractivity contribution in [2.45, 2.75) is 0 Å². The van der Waals surface area contributed by atoms with E-state index in [4.69, 9.17) is 0 Å². The van der Waals surface area contributed by atoms with Crippen molar-refractivity contribution >= 4 is 21.5 Å². The summed E-state index contributed by atoms with van der Waals surface area (Å²) < 4.78 is 0.